The molecule has 0 fully saturated rings. The molecule has 0 aliphatic heterocycles. The number of hydrogen-bond donors (Lipinski definition) is 1. The third-order valence-corrected chi connectivity index (χ3v) is 4.20. The molecule has 20 heavy (non-hydrogen) atoms. The summed E-state index contributed by atoms with van der Waals surface area (Å²) in [5, 5.41) is 11.5. The van der Waals surface area contributed by atoms with Gasteiger partial charge in [-0.2, -0.15) is 5.26 Å². The van der Waals surface area contributed by atoms with Crippen LogP contribution in [0.25, 0.3) is 0 Å². The zero-order chi connectivity index (χ0) is 15.2. The summed E-state index contributed by atoms with van der Waals surface area (Å²) in [4.78, 5) is 0. The zero-order valence-electron chi connectivity index (χ0n) is 11.6. The minimum absolute atomic E-state index is 0.266. The summed E-state index contributed by atoms with van der Waals surface area (Å²) in [6.45, 7) is 3.04. The van der Waals surface area contributed by atoms with Crippen molar-refractivity contribution in [1.29, 1.82) is 5.26 Å². The van der Waals surface area contributed by atoms with Crippen LogP contribution in [0.15, 0.2) is 18.2 Å². The minimum Gasteiger partial charge on any atom is -0.383 e. The number of benzene rings is 1. The van der Waals surface area contributed by atoms with Gasteiger partial charge in [-0.15, -0.1) is 0 Å². The third-order valence-electron chi connectivity index (χ3n) is 2.82. The number of hydrogen-bond acceptors (Lipinski definition) is 4. The highest BCUT2D eigenvalue weighted by atomic mass is 32.2. The van der Waals surface area contributed by atoms with Gasteiger partial charge in [-0.25, -0.2) is 17.1 Å². The first-order valence-electron chi connectivity index (χ1n) is 6.27. The molecule has 0 aromatic heterocycles. The molecule has 0 amide bonds. The summed E-state index contributed by atoms with van der Waals surface area (Å²) >= 11 is 0. The fourth-order valence-electron chi connectivity index (χ4n) is 1.76. The second kappa shape index (κ2) is 7.22. The van der Waals surface area contributed by atoms with Crippen LogP contribution in [-0.4, -0.2) is 38.6 Å². The number of sulfonamides is 1. The summed E-state index contributed by atoms with van der Waals surface area (Å²) in [5.74, 6) is -0.487. The lowest BCUT2D eigenvalue weighted by Crippen LogP contribution is -2.31. The maximum Gasteiger partial charge on any atom is 0.211 e. The van der Waals surface area contributed by atoms with Gasteiger partial charge in [-0.1, -0.05) is 6.92 Å². The summed E-state index contributed by atoms with van der Waals surface area (Å²) in [5.41, 5.74) is 0.577. The van der Waals surface area contributed by atoms with Gasteiger partial charge in [-0.3, -0.25) is 0 Å². The van der Waals surface area contributed by atoms with Gasteiger partial charge in [-0.05, 0) is 24.6 Å². The highest BCUT2D eigenvalue weighted by Gasteiger charge is 2.13. The van der Waals surface area contributed by atoms with Crippen molar-refractivity contribution in [2.45, 2.75) is 13.3 Å². The van der Waals surface area contributed by atoms with Crippen molar-refractivity contribution in [2.24, 2.45) is 0 Å². The first-order valence-corrected chi connectivity index (χ1v) is 8.12. The van der Waals surface area contributed by atoms with Crippen LogP contribution < -0.4 is 5.32 Å². The van der Waals surface area contributed by atoms with Crippen LogP contribution in [0.4, 0.5) is 10.1 Å². The average molecular weight is 299 g/mol. The van der Waals surface area contributed by atoms with Crippen LogP contribution in [0.5, 0.6) is 0 Å². The van der Waals surface area contributed by atoms with Crippen molar-refractivity contribution in [1.82, 2.24) is 4.31 Å². The molecule has 110 valence electrons. The minimum atomic E-state index is -3.18. The van der Waals surface area contributed by atoms with Gasteiger partial charge in [0, 0.05) is 19.6 Å². The molecular weight excluding hydrogens is 281 g/mol. The van der Waals surface area contributed by atoms with E-state index in [0.717, 1.165) is 6.07 Å². The highest BCUT2D eigenvalue weighted by molar-refractivity contribution is 7.88. The van der Waals surface area contributed by atoms with Gasteiger partial charge in [0.05, 0.1) is 23.6 Å². The van der Waals surface area contributed by atoms with Crippen LogP contribution in [0.1, 0.15) is 18.9 Å². The topological polar surface area (TPSA) is 73.2 Å². The Labute approximate surface area is 119 Å². The van der Waals surface area contributed by atoms with E-state index in [1.807, 2.05) is 6.07 Å². The molecule has 1 rings (SSSR count). The molecule has 0 bridgehead atoms. The van der Waals surface area contributed by atoms with E-state index >= 15 is 0 Å². The van der Waals surface area contributed by atoms with Gasteiger partial charge >= 0.3 is 0 Å². The van der Waals surface area contributed by atoms with Crippen molar-refractivity contribution in [3.8, 4) is 6.07 Å². The summed E-state index contributed by atoms with van der Waals surface area (Å²) in [7, 11) is -3.18. The first kappa shape index (κ1) is 16.4. The fraction of sp³-hybridized carbons (Fsp3) is 0.462. The van der Waals surface area contributed by atoms with Crippen molar-refractivity contribution in [2.75, 3.05) is 31.2 Å². The zero-order valence-corrected chi connectivity index (χ0v) is 12.4. The first-order chi connectivity index (χ1) is 9.38. The molecule has 1 N–H and O–H groups in total. The van der Waals surface area contributed by atoms with E-state index in [9.17, 15) is 12.8 Å². The van der Waals surface area contributed by atoms with Gasteiger partial charge in [0.15, 0.2) is 0 Å². The molecule has 7 heteroatoms. The van der Waals surface area contributed by atoms with E-state index in [1.54, 1.807) is 6.92 Å². The molecule has 0 radical (unpaired) electrons. The third kappa shape index (κ3) is 4.79. The molecule has 1 aromatic rings. The van der Waals surface area contributed by atoms with E-state index in [4.69, 9.17) is 5.26 Å². The van der Waals surface area contributed by atoms with Crippen LogP contribution in [-0.2, 0) is 10.0 Å². The quantitative estimate of drug-likeness (QED) is 0.779. The Kier molecular flexibility index (Phi) is 5.92. The number of nitriles is 1. The molecule has 0 aliphatic carbocycles. The van der Waals surface area contributed by atoms with Crippen LogP contribution in [0.3, 0.4) is 0 Å². The normalized spacial score (nSPS) is 11.3. The lowest BCUT2D eigenvalue weighted by molar-refractivity contribution is 0.428. The predicted molar refractivity (Wildman–Crippen MR) is 76.3 cm³/mol. The van der Waals surface area contributed by atoms with Crippen LogP contribution >= 0.6 is 0 Å². The Bertz CT molecular complexity index is 596. The van der Waals surface area contributed by atoms with E-state index in [2.05, 4.69) is 5.32 Å². The van der Waals surface area contributed by atoms with E-state index in [-0.39, 0.29) is 5.56 Å². The van der Waals surface area contributed by atoms with Crippen molar-refractivity contribution < 1.29 is 12.8 Å². The smallest absolute Gasteiger partial charge is 0.211 e. The van der Waals surface area contributed by atoms with Gasteiger partial charge in [0.2, 0.25) is 10.0 Å². The molecule has 1 aromatic carbocycles. The molecule has 0 heterocycles. The van der Waals surface area contributed by atoms with E-state index < -0.39 is 15.8 Å². The van der Waals surface area contributed by atoms with Crippen molar-refractivity contribution in [3.63, 3.8) is 0 Å². The standard InChI is InChI=1S/C13H18FN3O2S/c1-3-17(20(2,18)19)8-4-7-16-13-6-5-11(10-15)9-12(13)14/h5-6,9,16H,3-4,7-8H2,1-2H3. The van der Waals surface area contributed by atoms with E-state index in [1.165, 1.54) is 22.7 Å². The lowest BCUT2D eigenvalue weighted by atomic mass is 10.2. The van der Waals surface area contributed by atoms with E-state index in [0.29, 0.717) is 31.7 Å². The molecule has 0 atom stereocenters. The second-order valence-corrected chi connectivity index (χ2v) is 6.32. The maximum absolute atomic E-state index is 13.6. The molecule has 0 spiro atoms. The average Bonchev–Trinajstić information content (AvgIpc) is 2.38. The molecule has 0 saturated heterocycles. The number of rotatable bonds is 7. The highest BCUT2D eigenvalue weighted by Crippen LogP contribution is 2.15. The van der Waals surface area contributed by atoms with Crippen molar-refractivity contribution in [3.05, 3.63) is 29.6 Å². The molecule has 0 unspecified atom stereocenters. The summed E-state index contributed by atoms with van der Waals surface area (Å²) in [6.07, 6.45) is 1.74. The molecule has 0 aliphatic rings. The van der Waals surface area contributed by atoms with Crippen LogP contribution in [0, 0.1) is 17.1 Å². The summed E-state index contributed by atoms with van der Waals surface area (Å²) < 4.78 is 37.7. The number of anilines is 1. The van der Waals surface area contributed by atoms with Gasteiger partial charge in [0.25, 0.3) is 0 Å². The van der Waals surface area contributed by atoms with Crippen molar-refractivity contribution >= 4 is 15.7 Å². The Balaban J connectivity index is 2.48. The number of nitrogens with zero attached hydrogens (tertiary/aromatic N) is 2. The number of nitrogens with one attached hydrogen (secondary N) is 1. The van der Waals surface area contributed by atoms with Gasteiger partial charge in [0.1, 0.15) is 5.82 Å². The predicted octanol–water partition coefficient (Wildman–Crippen LogP) is 1.78. The lowest BCUT2D eigenvalue weighted by Gasteiger charge is -2.17. The largest absolute Gasteiger partial charge is 0.383 e. The fourth-order valence-corrected chi connectivity index (χ4v) is 2.69. The van der Waals surface area contributed by atoms with Crippen LogP contribution in [0.2, 0.25) is 0 Å². The molecule has 5 nitrogen and oxygen atoms in total. The Hall–Kier alpha value is -1.65. The second-order valence-electron chi connectivity index (χ2n) is 4.34. The van der Waals surface area contributed by atoms with Gasteiger partial charge < -0.3 is 5.32 Å². The monoisotopic (exact) mass is 299 g/mol. The summed E-state index contributed by atoms with van der Waals surface area (Å²) in [6, 6.07) is 6.05. The molecular formula is C13H18FN3O2S. The maximum atomic E-state index is 13.6. The Morgan fingerprint density at radius 2 is 2.15 bits per heavy atom. The number of halogens is 1. The Morgan fingerprint density at radius 1 is 1.45 bits per heavy atom. The SMILES string of the molecule is CCN(CCCNc1ccc(C#N)cc1F)S(C)(=O)=O. The molecule has 0 saturated carbocycles. The Morgan fingerprint density at radius 3 is 2.65 bits per heavy atom.